The molecule has 0 aromatic carbocycles. The van der Waals surface area contributed by atoms with Gasteiger partial charge in [-0.2, -0.15) is 0 Å². The number of terminal acetylenes is 1. The highest BCUT2D eigenvalue weighted by molar-refractivity contribution is 6.31. The van der Waals surface area contributed by atoms with Gasteiger partial charge in [0.2, 0.25) is 5.91 Å². The molecule has 1 amide bonds. The van der Waals surface area contributed by atoms with Gasteiger partial charge in [0.25, 0.3) is 0 Å². The highest BCUT2D eigenvalue weighted by atomic mass is 35.5. The predicted octanol–water partition coefficient (Wildman–Crippen LogP) is 5.87. The number of carbonyl (C=O) groups is 1. The van der Waals surface area contributed by atoms with Gasteiger partial charge in [-0.15, -0.1) is 12.3 Å². The van der Waals surface area contributed by atoms with Crippen molar-refractivity contribution in [2.24, 2.45) is 0 Å². The van der Waals surface area contributed by atoms with Crippen molar-refractivity contribution >= 4 is 34.4 Å². The summed E-state index contributed by atoms with van der Waals surface area (Å²) in [6, 6.07) is 1.67. The van der Waals surface area contributed by atoms with Crippen LogP contribution in [-0.2, 0) is 4.79 Å². The molecule has 0 bridgehead atoms. The zero-order chi connectivity index (χ0) is 25.5. The van der Waals surface area contributed by atoms with Crippen LogP contribution in [0.15, 0.2) is 49.1 Å². The fourth-order valence-electron chi connectivity index (χ4n) is 4.31. The van der Waals surface area contributed by atoms with Crippen LogP contribution in [0.2, 0.25) is 5.02 Å². The SMILES string of the molecule is C#CCCC(=O)N1C=CC=C[C@@H]1CCC(CCC)Nc1nc(-c2c[nH]c3ncc(Cl)cc23)ncc1F. The lowest BCUT2D eigenvalue weighted by molar-refractivity contribution is -0.129. The number of aromatic amines is 1. The number of rotatable bonds is 10. The Bertz CT molecular complexity index is 1330. The van der Waals surface area contributed by atoms with Crippen molar-refractivity contribution in [3.63, 3.8) is 0 Å². The second-order valence-corrected chi connectivity index (χ2v) is 9.08. The number of pyridine rings is 1. The number of hydrogen-bond acceptors (Lipinski definition) is 5. The monoisotopic (exact) mass is 506 g/mol. The molecule has 3 aromatic rings. The van der Waals surface area contributed by atoms with Gasteiger partial charge in [0.05, 0.1) is 17.3 Å². The zero-order valence-electron chi connectivity index (χ0n) is 20.0. The second-order valence-electron chi connectivity index (χ2n) is 8.65. The largest absolute Gasteiger partial charge is 0.365 e. The minimum atomic E-state index is -0.526. The maximum Gasteiger partial charge on any atom is 0.228 e. The summed E-state index contributed by atoms with van der Waals surface area (Å²) in [5.74, 6) is 2.51. The van der Waals surface area contributed by atoms with E-state index < -0.39 is 5.82 Å². The number of carbonyl (C=O) groups excluding carboxylic acids is 1. The Hall–Kier alpha value is -3.70. The Morgan fingerprint density at radius 2 is 2.19 bits per heavy atom. The van der Waals surface area contributed by atoms with Crippen LogP contribution in [0.1, 0.15) is 45.4 Å². The summed E-state index contributed by atoms with van der Waals surface area (Å²) in [5, 5.41) is 4.53. The molecule has 2 atom stereocenters. The molecule has 3 aromatic heterocycles. The number of allylic oxidation sites excluding steroid dienone is 2. The van der Waals surface area contributed by atoms with Crippen LogP contribution in [0.3, 0.4) is 0 Å². The summed E-state index contributed by atoms with van der Waals surface area (Å²) in [7, 11) is 0. The third-order valence-corrected chi connectivity index (χ3v) is 6.30. The summed E-state index contributed by atoms with van der Waals surface area (Å²) in [5.41, 5.74) is 1.34. The molecule has 0 radical (unpaired) electrons. The molecule has 1 aliphatic rings. The molecule has 0 aliphatic carbocycles. The highest BCUT2D eigenvalue weighted by Gasteiger charge is 2.23. The van der Waals surface area contributed by atoms with E-state index in [4.69, 9.17) is 18.0 Å². The molecule has 2 N–H and O–H groups in total. The van der Waals surface area contributed by atoms with E-state index in [0.29, 0.717) is 41.3 Å². The minimum absolute atomic E-state index is 0.00152. The minimum Gasteiger partial charge on any atom is -0.365 e. The van der Waals surface area contributed by atoms with E-state index in [1.54, 1.807) is 29.6 Å². The Labute approximate surface area is 214 Å². The van der Waals surface area contributed by atoms with Crippen LogP contribution < -0.4 is 5.32 Å². The van der Waals surface area contributed by atoms with Gasteiger partial charge < -0.3 is 15.2 Å². The van der Waals surface area contributed by atoms with Gasteiger partial charge in [0.1, 0.15) is 5.65 Å². The number of nitrogens with zero attached hydrogens (tertiary/aromatic N) is 4. The standard InChI is InChI=1S/C27H28ClFN6O/c1-3-5-10-24(36)35-13-7-6-9-20(35)12-11-19(8-4-2)33-27-23(29)17-32-26(34-27)22-16-31-25-21(22)14-18(28)15-30-25/h1,6-7,9,13-17,19-20H,4-5,8,10-12H2,2H3,(H,30,31)(H,32,33,34)/t19?,20-/m1/s1. The molecule has 1 aliphatic heterocycles. The first kappa shape index (κ1) is 25.4. The summed E-state index contributed by atoms with van der Waals surface area (Å²) in [6.07, 6.45) is 21.3. The van der Waals surface area contributed by atoms with Crippen molar-refractivity contribution in [3.8, 4) is 23.7 Å². The predicted molar refractivity (Wildman–Crippen MR) is 141 cm³/mol. The van der Waals surface area contributed by atoms with Crippen molar-refractivity contribution in [2.75, 3.05) is 5.32 Å². The number of amides is 1. The second kappa shape index (κ2) is 11.8. The van der Waals surface area contributed by atoms with Crippen LogP contribution in [0.4, 0.5) is 10.2 Å². The van der Waals surface area contributed by atoms with Gasteiger partial charge in [-0.1, -0.05) is 37.1 Å². The first-order valence-corrected chi connectivity index (χ1v) is 12.4. The number of halogens is 2. The molecule has 7 nitrogen and oxygen atoms in total. The molecule has 0 spiro atoms. The van der Waals surface area contributed by atoms with E-state index in [9.17, 15) is 9.18 Å². The molecular weight excluding hydrogens is 479 g/mol. The van der Waals surface area contributed by atoms with Crippen molar-refractivity contribution in [1.82, 2.24) is 24.8 Å². The first-order valence-electron chi connectivity index (χ1n) is 12.0. The Kier molecular flexibility index (Phi) is 8.34. The van der Waals surface area contributed by atoms with Crippen LogP contribution in [0.5, 0.6) is 0 Å². The highest BCUT2D eigenvalue weighted by Crippen LogP contribution is 2.29. The summed E-state index contributed by atoms with van der Waals surface area (Å²) in [6.45, 7) is 2.08. The van der Waals surface area contributed by atoms with Gasteiger partial charge in [-0.3, -0.25) is 4.79 Å². The molecule has 9 heteroatoms. The Balaban J connectivity index is 1.49. The van der Waals surface area contributed by atoms with Gasteiger partial charge in [-0.05, 0) is 31.4 Å². The number of fused-ring (bicyclic) bond motifs is 1. The van der Waals surface area contributed by atoms with Crippen molar-refractivity contribution < 1.29 is 9.18 Å². The molecule has 36 heavy (non-hydrogen) atoms. The maximum absolute atomic E-state index is 14.8. The summed E-state index contributed by atoms with van der Waals surface area (Å²) >= 11 is 6.12. The number of aromatic nitrogens is 4. The lowest BCUT2D eigenvalue weighted by Gasteiger charge is -2.30. The lowest BCUT2D eigenvalue weighted by Crippen LogP contribution is -2.37. The fraction of sp³-hybridized carbons (Fsp3) is 0.333. The average Bonchev–Trinajstić information content (AvgIpc) is 3.30. The number of anilines is 1. The van der Waals surface area contributed by atoms with Crippen LogP contribution >= 0.6 is 11.6 Å². The van der Waals surface area contributed by atoms with Crippen molar-refractivity contribution in [1.29, 1.82) is 0 Å². The molecule has 186 valence electrons. The van der Waals surface area contributed by atoms with Crippen LogP contribution in [0.25, 0.3) is 22.4 Å². The zero-order valence-corrected chi connectivity index (χ0v) is 20.8. The normalized spacial score (nSPS) is 15.7. The molecular formula is C27H28ClFN6O. The van der Waals surface area contributed by atoms with E-state index in [-0.39, 0.29) is 23.8 Å². The molecule has 0 fully saturated rings. The van der Waals surface area contributed by atoms with Gasteiger partial charge in [0.15, 0.2) is 17.5 Å². The number of hydrogen-bond donors (Lipinski definition) is 2. The first-order chi connectivity index (χ1) is 17.5. The number of H-pyrrole nitrogens is 1. The molecule has 1 unspecified atom stereocenters. The molecule has 4 heterocycles. The molecule has 4 rings (SSSR count). The maximum atomic E-state index is 14.8. The van der Waals surface area contributed by atoms with Crippen molar-refractivity contribution in [3.05, 3.63) is 59.9 Å². The summed E-state index contributed by atoms with van der Waals surface area (Å²) < 4.78 is 14.8. The smallest absolute Gasteiger partial charge is 0.228 e. The quantitative estimate of drug-likeness (QED) is 0.336. The van der Waals surface area contributed by atoms with E-state index in [1.165, 1.54) is 6.20 Å². The van der Waals surface area contributed by atoms with Crippen LogP contribution in [0, 0.1) is 18.2 Å². The van der Waals surface area contributed by atoms with Gasteiger partial charge in [0, 0.05) is 48.4 Å². The third-order valence-electron chi connectivity index (χ3n) is 6.09. The lowest BCUT2D eigenvalue weighted by atomic mass is 9.99. The topological polar surface area (TPSA) is 86.8 Å². The summed E-state index contributed by atoms with van der Waals surface area (Å²) in [4.78, 5) is 30.3. The van der Waals surface area contributed by atoms with Gasteiger partial charge >= 0.3 is 0 Å². The van der Waals surface area contributed by atoms with Crippen LogP contribution in [-0.4, -0.2) is 42.8 Å². The molecule has 0 saturated heterocycles. The van der Waals surface area contributed by atoms with E-state index in [2.05, 4.69) is 38.1 Å². The van der Waals surface area contributed by atoms with Crippen molar-refractivity contribution in [2.45, 2.75) is 57.5 Å². The fourth-order valence-corrected chi connectivity index (χ4v) is 4.47. The van der Waals surface area contributed by atoms with E-state index >= 15 is 0 Å². The molecule has 0 saturated carbocycles. The Morgan fingerprint density at radius 3 is 3.00 bits per heavy atom. The Morgan fingerprint density at radius 1 is 1.33 bits per heavy atom. The average molecular weight is 507 g/mol. The van der Waals surface area contributed by atoms with E-state index in [1.807, 2.05) is 18.2 Å². The van der Waals surface area contributed by atoms with E-state index in [0.717, 1.165) is 24.6 Å². The third kappa shape index (κ3) is 5.92. The number of nitrogens with one attached hydrogen (secondary N) is 2. The van der Waals surface area contributed by atoms with Gasteiger partial charge in [-0.25, -0.2) is 19.3 Å².